The third-order valence-electron chi connectivity index (χ3n) is 4.75. The number of hydrogen-bond donors (Lipinski definition) is 0. The Bertz CT molecular complexity index is 807. The van der Waals surface area contributed by atoms with Crippen LogP contribution in [0.25, 0.3) is 0 Å². The van der Waals surface area contributed by atoms with Crippen molar-refractivity contribution in [2.75, 3.05) is 19.0 Å². The van der Waals surface area contributed by atoms with Crippen LogP contribution in [0.15, 0.2) is 42.6 Å². The Morgan fingerprint density at radius 2 is 1.96 bits per heavy atom. The number of rotatable bonds is 3. The van der Waals surface area contributed by atoms with Gasteiger partial charge in [0.2, 0.25) is 11.8 Å². The molecular weight excluding hydrogens is 321 g/mol. The van der Waals surface area contributed by atoms with Gasteiger partial charge >= 0.3 is 0 Å². The maximum Gasteiger partial charge on any atom is 0.233 e. The molecule has 1 saturated heterocycles. The van der Waals surface area contributed by atoms with Crippen molar-refractivity contribution in [3.05, 3.63) is 59.5 Å². The zero-order valence-corrected chi connectivity index (χ0v) is 14.4. The van der Waals surface area contributed by atoms with Gasteiger partial charge in [0.1, 0.15) is 11.6 Å². The van der Waals surface area contributed by atoms with Crippen molar-refractivity contribution in [1.29, 1.82) is 0 Å². The number of amides is 2. The van der Waals surface area contributed by atoms with Gasteiger partial charge in [0.15, 0.2) is 0 Å². The van der Waals surface area contributed by atoms with Crippen LogP contribution in [0.5, 0.6) is 0 Å². The molecule has 6 heteroatoms. The van der Waals surface area contributed by atoms with E-state index >= 15 is 0 Å². The molecule has 1 aromatic heterocycles. The van der Waals surface area contributed by atoms with Crippen molar-refractivity contribution in [1.82, 2.24) is 9.88 Å². The lowest BCUT2D eigenvalue weighted by atomic mass is 9.92. The van der Waals surface area contributed by atoms with Crippen molar-refractivity contribution in [3.63, 3.8) is 0 Å². The molecule has 1 aromatic carbocycles. The van der Waals surface area contributed by atoms with E-state index in [2.05, 4.69) is 4.98 Å². The summed E-state index contributed by atoms with van der Waals surface area (Å²) in [5.41, 5.74) is 1.63. The number of anilines is 1. The molecule has 3 rings (SSSR count). The number of aromatic nitrogens is 1. The second-order valence-electron chi connectivity index (χ2n) is 6.35. The van der Waals surface area contributed by atoms with Crippen LogP contribution in [0.3, 0.4) is 0 Å². The highest BCUT2D eigenvalue weighted by Crippen LogP contribution is 2.38. The minimum atomic E-state index is -0.533. The number of aryl methyl sites for hydroxylation is 1. The number of carbonyl (C=O) groups is 2. The zero-order chi connectivity index (χ0) is 18.1. The SMILES string of the molecule is Cc1cccnc1N(C)C(=O)C1CC(=O)N(C)C1c1ccc(F)cc1. The minimum absolute atomic E-state index is 0.0983. The molecule has 0 saturated carbocycles. The fourth-order valence-corrected chi connectivity index (χ4v) is 3.39. The van der Waals surface area contributed by atoms with Crippen LogP contribution in [-0.2, 0) is 9.59 Å². The average molecular weight is 341 g/mol. The fourth-order valence-electron chi connectivity index (χ4n) is 3.39. The predicted octanol–water partition coefficient (Wildman–Crippen LogP) is 2.71. The molecule has 2 amide bonds. The molecule has 0 bridgehead atoms. The van der Waals surface area contributed by atoms with Crippen molar-refractivity contribution < 1.29 is 14.0 Å². The highest BCUT2D eigenvalue weighted by Gasteiger charge is 2.44. The standard InChI is InChI=1S/C19H20FN3O2/c1-12-5-4-10-21-18(12)23(3)19(25)15-11-16(24)22(2)17(15)13-6-8-14(20)9-7-13/h4-10,15,17H,11H2,1-3H3. The van der Waals surface area contributed by atoms with Gasteiger partial charge in [-0.3, -0.25) is 14.5 Å². The minimum Gasteiger partial charge on any atom is -0.338 e. The first-order valence-electron chi connectivity index (χ1n) is 8.10. The maximum atomic E-state index is 13.2. The molecule has 0 radical (unpaired) electrons. The molecule has 1 aliphatic heterocycles. The van der Waals surface area contributed by atoms with Gasteiger partial charge in [-0.2, -0.15) is 0 Å². The summed E-state index contributed by atoms with van der Waals surface area (Å²) < 4.78 is 13.2. The van der Waals surface area contributed by atoms with Crippen molar-refractivity contribution in [2.45, 2.75) is 19.4 Å². The van der Waals surface area contributed by atoms with Gasteiger partial charge in [-0.15, -0.1) is 0 Å². The van der Waals surface area contributed by atoms with E-state index < -0.39 is 12.0 Å². The summed E-state index contributed by atoms with van der Waals surface area (Å²) in [6.45, 7) is 1.88. The summed E-state index contributed by atoms with van der Waals surface area (Å²) in [6, 6.07) is 9.23. The maximum absolute atomic E-state index is 13.2. The molecular formula is C19H20FN3O2. The fraction of sp³-hybridized carbons (Fsp3) is 0.316. The predicted molar refractivity (Wildman–Crippen MR) is 92.4 cm³/mol. The molecule has 2 unspecified atom stereocenters. The van der Waals surface area contributed by atoms with Crippen molar-refractivity contribution in [3.8, 4) is 0 Å². The van der Waals surface area contributed by atoms with Gasteiger partial charge in [-0.1, -0.05) is 18.2 Å². The molecule has 1 fully saturated rings. The number of pyridine rings is 1. The van der Waals surface area contributed by atoms with E-state index in [1.54, 1.807) is 37.3 Å². The van der Waals surface area contributed by atoms with Gasteiger partial charge in [-0.05, 0) is 36.2 Å². The second kappa shape index (κ2) is 6.63. The first-order valence-corrected chi connectivity index (χ1v) is 8.10. The molecule has 2 heterocycles. The topological polar surface area (TPSA) is 53.5 Å². The lowest BCUT2D eigenvalue weighted by Crippen LogP contribution is -2.36. The number of hydrogen-bond acceptors (Lipinski definition) is 3. The number of benzene rings is 1. The Hall–Kier alpha value is -2.76. The number of halogens is 1. The summed E-state index contributed by atoms with van der Waals surface area (Å²) >= 11 is 0. The van der Waals surface area contributed by atoms with E-state index in [-0.39, 0.29) is 24.1 Å². The second-order valence-corrected chi connectivity index (χ2v) is 6.35. The van der Waals surface area contributed by atoms with Gasteiger partial charge in [0.25, 0.3) is 0 Å². The van der Waals surface area contributed by atoms with Crippen molar-refractivity contribution in [2.24, 2.45) is 5.92 Å². The van der Waals surface area contributed by atoms with Crippen LogP contribution in [0.2, 0.25) is 0 Å². The molecule has 0 spiro atoms. The molecule has 1 aliphatic rings. The quantitative estimate of drug-likeness (QED) is 0.862. The lowest BCUT2D eigenvalue weighted by molar-refractivity contribution is -0.128. The average Bonchev–Trinajstić information content (AvgIpc) is 2.90. The first kappa shape index (κ1) is 17.1. The number of carbonyl (C=O) groups excluding carboxylic acids is 2. The van der Waals surface area contributed by atoms with Crippen molar-refractivity contribution >= 4 is 17.6 Å². The van der Waals surface area contributed by atoms with E-state index in [4.69, 9.17) is 0 Å². The third kappa shape index (κ3) is 3.12. The zero-order valence-electron chi connectivity index (χ0n) is 14.4. The van der Waals surface area contributed by atoms with Gasteiger partial charge in [0, 0.05) is 26.7 Å². The van der Waals surface area contributed by atoms with E-state index in [1.807, 2.05) is 19.1 Å². The molecule has 25 heavy (non-hydrogen) atoms. The smallest absolute Gasteiger partial charge is 0.233 e. The Kier molecular flexibility index (Phi) is 4.53. The van der Waals surface area contributed by atoms with Crippen LogP contribution in [0.1, 0.15) is 23.6 Å². The van der Waals surface area contributed by atoms with E-state index in [9.17, 15) is 14.0 Å². The van der Waals surface area contributed by atoms with E-state index in [0.29, 0.717) is 5.82 Å². The highest BCUT2D eigenvalue weighted by molar-refractivity contribution is 5.99. The summed E-state index contributed by atoms with van der Waals surface area (Å²) in [4.78, 5) is 32.6. The largest absolute Gasteiger partial charge is 0.338 e. The van der Waals surface area contributed by atoms with Crippen LogP contribution < -0.4 is 4.90 Å². The van der Waals surface area contributed by atoms with E-state index in [1.165, 1.54) is 17.0 Å². The Morgan fingerprint density at radius 1 is 1.28 bits per heavy atom. The Morgan fingerprint density at radius 3 is 2.60 bits per heavy atom. The third-order valence-corrected chi connectivity index (χ3v) is 4.75. The summed E-state index contributed by atoms with van der Waals surface area (Å²) in [5.74, 6) is -0.575. The van der Waals surface area contributed by atoms with Gasteiger partial charge in [-0.25, -0.2) is 9.37 Å². The van der Waals surface area contributed by atoms with Crippen LogP contribution >= 0.6 is 0 Å². The van der Waals surface area contributed by atoms with Gasteiger partial charge in [0.05, 0.1) is 12.0 Å². The van der Waals surface area contributed by atoms with Crippen LogP contribution in [0.4, 0.5) is 10.2 Å². The molecule has 0 N–H and O–H groups in total. The number of likely N-dealkylation sites (tertiary alicyclic amines) is 1. The number of nitrogens with zero attached hydrogens (tertiary/aromatic N) is 3. The first-order chi connectivity index (χ1) is 11.9. The normalized spacial score (nSPS) is 20.0. The summed E-state index contributed by atoms with van der Waals surface area (Å²) in [7, 11) is 3.35. The monoisotopic (exact) mass is 341 g/mol. The van der Waals surface area contributed by atoms with Crippen LogP contribution in [-0.4, -0.2) is 35.8 Å². The summed E-state index contributed by atoms with van der Waals surface area (Å²) in [6.07, 6.45) is 1.77. The molecule has 2 atom stereocenters. The van der Waals surface area contributed by atoms with Crippen LogP contribution in [0, 0.1) is 18.7 Å². The summed E-state index contributed by atoms with van der Waals surface area (Å²) in [5, 5.41) is 0. The molecule has 130 valence electrons. The Labute approximate surface area is 146 Å². The Balaban J connectivity index is 1.93. The highest BCUT2D eigenvalue weighted by atomic mass is 19.1. The molecule has 2 aromatic rings. The van der Waals surface area contributed by atoms with Gasteiger partial charge < -0.3 is 4.90 Å². The van der Waals surface area contributed by atoms with E-state index in [0.717, 1.165) is 11.1 Å². The lowest BCUT2D eigenvalue weighted by Gasteiger charge is -2.28. The molecule has 0 aliphatic carbocycles. The molecule has 5 nitrogen and oxygen atoms in total.